The van der Waals surface area contributed by atoms with Gasteiger partial charge >= 0.3 is 0 Å². The zero-order valence-corrected chi connectivity index (χ0v) is 10.1. The fraction of sp³-hybridized carbons (Fsp3) is 0.250. The Morgan fingerprint density at radius 3 is 3.06 bits per heavy atom. The minimum Gasteiger partial charge on any atom is -0.439 e. The van der Waals surface area contributed by atoms with Gasteiger partial charge in [0.05, 0.1) is 18.3 Å². The number of aromatic nitrogens is 1. The van der Waals surface area contributed by atoms with E-state index in [1.807, 2.05) is 6.92 Å². The molecule has 0 atom stereocenters. The second-order valence-corrected chi connectivity index (χ2v) is 3.96. The molecule has 1 aromatic carbocycles. The van der Waals surface area contributed by atoms with E-state index in [2.05, 4.69) is 10.3 Å². The molecule has 5 heteroatoms. The number of benzene rings is 1. The fourth-order valence-corrected chi connectivity index (χ4v) is 1.61. The van der Waals surface area contributed by atoms with Crippen LogP contribution in [0, 0.1) is 5.82 Å². The first kappa shape index (κ1) is 12.1. The molecule has 1 aromatic heterocycles. The predicted octanol–water partition coefficient (Wildman–Crippen LogP) is 3.24. The summed E-state index contributed by atoms with van der Waals surface area (Å²) in [6.07, 6.45) is 1.50. The number of nitrogens with zero attached hydrogens (tertiary/aromatic N) is 1. The number of nitrogens with one attached hydrogen (secondary N) is 1. The molecule has 0 unspecified atom stereocenters. The molecule has 0 saturated heterocycles. The van der Waals surface area contributed by atoms with Crippen LogP contribution in [-0.4, -0.2) is 11.5 Å². The summed E-state index contributed by atoms with van der Waals surface area (Å²) < 4.78 is 19.0. The highest BCUT2D eigenvalue weighted by Gasteiger charge is 2.11. The molecule has 17 heavy (non-hydrogen) atoms. The molecule has 0 aliphatic carbocycles. The highest BCUT2D eigenvalue weighted by molar-refractivity contribution is 6.30. The van der Waals surface area contributed by atoms with Crippen molar-refractivity contribution in [2.45, 2.75) is 13.5 Å². The van der Waals surface area contributed by atoms with Crippen molar-refractivity contribution < 1.29 is 8.81 Å². The van der Waals surface area contributed by atoms with Crippen molar-refractivity contribution in [1.82, 2.24) is 10.3 Å². The SMILES string of the molecule is CCNCc1ncc(-c2cc(Cl)ccc2F)o1. The predicted molar refractivity (Wildman–Crippen MR) is 64.3 cm³/mol. The van der Waals surface area contributed by atoms with Crippen LogP contribution in [0.3, 0.4) is 0 Å². The fourth-order valence-electron chi connectivity index (χ4n) is 1.43. The lowest BCUT2D eigenvalue weighted by atomic mass is 10.2. The highest BCUT2D eigenvalue weighted by atomic mass is 35.5. The van der Waals surface area contributed by atoms with E-state index in [1.54, 1.807) is 0 Å². The average Bonchev–Trinajstić information content (AvgIpc) is 2.78. The molecule has 0 saturated carbocycles. The van der Waals surface area contributed by atoms with Crippen LogP contribution in [0.15, 0.2) is 28.8 Å². The first-order chi connectivity index (χ1) is 8.20. The topological polar surface area (TPSA) is 38.1 Å². The summed E-state index contributed by atoms with van der Waals surface area (Å²) in [5, 5.41) is 3.54. The lowest BCUT2D eigenvalue weighted by Crippen LogP contribution is -2.11. The van der Waals surface area contributed by atoms with Crippen molar-refractivity contribution in [3.63, 3.8) is 0 Å². The van der Waals surface area contributed by atoms with Crippen molar-refractivity contribution in [2.75, 3.05) is 6.54 Å². The molecule has 0 amide bonds. The summed E-state index contributed by atoms with van der Waals surface area (Å²) in [7, 11) is 0. The lowest BCUT2D eigenvalue weighted by Gasteiger charge is -1.99. The molecule has 0 bridgehead atoms. The van der Waals surface area contributed by atoms with E-state index in [4.69, 9.17) is 16.0 Å². The van der Waals surface area contributed by atoms with E-state index < -0.39 is 0 Å². The van der Waals surface area contributed by atoms with E-state index >= 15 is 0 Å². The van der Waals surface area contributed by atoms with Crippen molar-refractivity contribution in [3.05, 3.63) is 41.1 Å². The molecule has 0 fully saturated rings. The quantitative estimate of drug-likeness (QED) is 0.910. The molecule has 90 valence electrons. The highest BCUT2D eigenvalue weighted by Crippen LogP contribution is 2.26. The summed E-state index contributed by atoms with van der Waals surface area (Å²) >= 11 is 5.82. The average molecular weight is 255 g/mol. The minimum absolute atomic E-state index is 0.327. The molecular formula is C12H12ClFN2O. The summed E-state index contributed by atoms with van der Waals surface area (Å²) in [6, 6.07) is 4.33. The van der Waals surface area contributed by atoms with E-state index in [0.717, 1.165) is 6.54 Å². The van der Waals surface area contributed by atoms with Gasteiger partial charge < -0.3 is 9.73 Å². The molecule has 0 aliphatic heterocycles. The molecule has 3 nitrogen and oxygen atoms in total. The van der Waals surface area contributed by atoms with Crippen LogP contribution in [-0.2, 0) is 6.54 Å². The Bertz CT molecular complexity index is 513. The first-order valence-corrected chi connectivity index (χ1v) is 5.69. The van der Waals surface area contributed by atoms with Crippen LogP contribution in [0.4, 0.5) is 4.39 Å². The summed E-state index contributed by atoms with van der Waals surface area (Å²) in [5.41, 5.74) is 0.327. The lowest BCUT2D eigenvalue weighted by molar-refractivity contribution is 0.479. The van der Waals surface area contributed by atoms with Gasteiger partial charge in [0, 0.05) is 5.02 Å². The monoisotopic (exact) mass is 254 g/mol. The minimum atomic E-state index is -0.374. The number of halogens is 2. The van der Waals surface area contributed by atoms with Gasteiger partial charge in [-0.25, -0.2) is 9.37 Å². The number of hydrogen-bond acceptors (Lipinski definition) is 3. The number of rotatable bonds is 4. The van der Waals surface area contributed by atoms with Crippen molar-refractivity contribution in [3.8, 4) is 11.3 Å². The molecule has 0 spiro atoms. The van der Waals surface area contributed by atoms with Gasteiger partial charge in [-0.05, 0) is 24.7 Å². The van der Waals surface area contributed by atoms with Crippen LogP contribution >= 0.6 is 11.6 Å². The zero-order chi connectivity index (χ0) is 12.3. The van der Waals surface area contributed by atoms with Gasteiger partial charge in [0.15, 0.2) is 5.76 Å². The maximum atomic E-state index is 13.6. The molecule has 2 rings (SSSR count). The van der Waals surface area contributed by atoms with Crippen LogP contribution in [0.25, 0.3) is 11.3 Å². The molecular weight excluding hydrogens is 243 g/mol. The van der Waals surface area contributed by atoms with Gasteiger partial charge in [-0.15, -0.1) is 0 Å². The van der Waals surface area contributed by atoms with Gasteiger partial charge in [-0.3, -0.25) is 0 Å². The van der Waals surface area contributed by atoms with E-state index in [-0.39, 0.29) is 5.82 Å². The van der Waals surface area contributed by atoms with E-state index in [0.29, 0.717) is 28.8 Å². The van der Waals surface area contributed by atoms with E-state index in [9.17, 15) is 4.39 Å². The Morgan fingerprint density at radius 1 is 1.47 bits per heavy atom. The van der Waals surface area contributed by atoms with Crippen LogP contribution in [0.1, 0.15) is 12.8 Å². The molecule has 0 aliphatic rings. The summed E-state index contributed by atoms with van der Waals surface area (Å²) in [4.78, 5) is 4.06. The maximum absolute atomic E-state index is 13.6. The van der Waals surface area contributed by atoms with Gasteiger partial charge in [0.25, 0.3) is 0 Å². The van der Waals surface area contributed by atoms with Crippen molar-refractivity contribution in [1.29, 1.82) is 0 Å². The Labute approximate surface area is 104 Å². The second kappa shape index (κ2) is 5.29. The smallest absolute Gasteiger partial charge is 0.208 e. The normalized spacial score (nSPS) is 10.8. The number of hydrogen-bond donors (Lipinski definition) is 1. The number of oxazole rings is 1. The standard InChI is InChI=1S/C12H12ClFN2O/c1-2-15-7-12-16-6-11(17-12)9-5-8(13)3-4-10(9)14/h3-6,15H,2,7H2,1H3. The Balaban J connectivity index is 2.27. The third kappa shape index (κ3) is 2.84. The molecule has 1 heterocycles. The van der Waals surface area contributed by atoms with Crippen LogP contribution < -0.4 is 5.32 Å². The Hall–Kier alpha value is -1.39. The zero-order valence-electron chi connectivity index (χ0n) is 9.34. The third-order valence-corrected chi connectivity index (χ3v) is 2.51. The van der Waals surface area contributed by atoms with Gasteiger partial charge in [-0.2, -0.15) is 0 Å². The largest absolute Gasteiger partial charge is 0.439 e. The Kier molecular flexibility index (Phi) is 3.76. The van der Waals surface area contributed by atoms with Crippen LogP contribution in [0.5, 0.6) is 0 Å². The molecule has 0 radical (unpaired) electrons. The second-order valence-electron chi connectivity index (χ2n) is 3.52. The third-order valence-electron chi connectivity index (χ3n) is 2.27. The van der Waals surface area contributed by atoms with Crippen molar-refractivity contribution in [2.24, 2.45) is 0 Å². The van der Waals surface area contributed by atoms with E-state index in [1.165, 1.54) is 24.4 Å². The summed E-state index contributed by atoms with van der Waals surface area (Å²) in [5.74, 6) is 0.541. The maximum Gasteiger partial charge on any atom is 0.208 e. The van der Waals surface area contributed by atoms with Gasteiger partial charge in [-0.1, -0.05) is 18.5 Å². The van der Waals surface area contributed by atoms with Gasteiger partial charge in [0.2, 0.25) is 5.89 Å². The van der Waals surface area contributed by atoms with Crippen LogP contribution in [0.2, 0.25) is 5.02 Å². The first-order valence-electron chi connectivity index (χ1n) is 5.31. The summed E-state index contributed by atoms with van der Waals surface area (Å²) in [6.45, 7) is 3.34. The van der Waals surface area contributed by atoms with Crippen molar-refractivity contribution >= 4 is 11.6 Å². The Morgan fingerprint density at radius 2 is 2.29 bits per heavy atom. The molecule has 2 aromatic rings. The van der Waals surface area contributed by atoms with Gasteiger partial charge in [0.1, 0.15) is 5.82 Å². The molecule has 1 N–H and O–H groups in total.